The Morgan fingerprint density at radius 2 is 1.08 bits per heavy atom. The predicted octanol–water partition coefficient (Wildman–Crippen LogP) is 5.08. The summed E-state index contributed by atoms with van der Waals surface area (Å²) in [5.74, 6) is -1.42. The molecular formula is C30H38O9. The number of rotatable bonds is 9. The van der Waals surface area contributed by atoms with Crippen molar-refractivity contribution in [1.29, 1.82) is 0 Å². The maximum absolute atomic E-state index is 11.7. The fourth-order valence-electron chi connectivity index (χ4n) is 2.53. The van der Waals surface area contributed by atoms with Crippen molar-refractivity contribution in [1.82, 2.24) is 0 Å². The minimum Gasteiger partial charge on any atom is -0.466 e. The van der Waals surface area contributed by atoms with Gasteiger partial charge in [0.05, 0.1) is 19.8 Å². The Kier molecular flexibility index (Phi) is 22.6. The van der Waals surface area contributed by atoms with Crippen LogP contribution in [0.1, 0.15) is 67.6 Å². The van der Waals surface area contributed by atoms with Gasteiger partial charge in [0.1, 0.15) is 11.9 Å². The van der Waals surface area contributed by atoms with Gasteiger partial charge in [0.2, 0.25) is 0 Å². The van der Waals surface area contributed by atoms with Crippen molar-refractivity contribution in [3.05, 3.63) is 76.4 Å². The molecule has 0 aromatic heterocycles. The van der Waals surface area contributed by atoms with E-state index in [4.69, 9.17) is 19.1 Å². The highest BCUT2D eigenvalue weighted by atomic mass is 16.6. The molecule has 0 radical (unpaired) electrons. The second kappa shape index (κ2) is 24.0. The highest BCUT2D eigenvalue weighted by molar-refractivity contribution is 6.17. The molecule has 0 spiro atoms. The van der Waals surface area contributed by atoms with E-state index in [0.29, 0.717) is 13.0 Å². The summed E-state index contributed by atoms with van der Waals surface area (Å²) < 4.78 is 14.4. The Hall–Kier alpha value is -4.36. The summed E-state index contributed by atoms with van der Waals surface area (Å²) >= 11 is 0. The molecule has 0 atom stereocenters. The van der Waals surface area contributed by atoms with Crippen LogP contribution in [0.4, 0.5) is 0 Å². The van der Waals surface area contributed by atoms with Gasteiger partial charge < -0.3 is 14.2 Å². The molecule has 0 saturated carbocycles. The summed E-state index contributed by atoms with van der Waals surface area (Å²) in [6.45, 7) is 12.0. The lowest BCUT2D eigenvalue weighted by Gasteiger charge is -2.06. The summed E-state index contributed by atoms with van der Waals surface area (Å²) in [6, 6.07) is 14.9. The Bertz CT molecular complexity index is 1020. The van der Waals surface area contributed by atoms with Crippen LogP contribution in [0, 0.1) is 13.8 Å². The molecule has 0 saturated heterocycles. The average Bonchev–Trinajstić information content (AvgIpc) is 2.90. The van der Waals surface area contributed by atoms with Crippen molar-refractivity contribution in [2.45, 2.75) is 54.4 Å². The van der Waals surface area contributed by atoms with E-state index >= 15 is 0 Å². The van der Waals surface area contributed by atoms with Crippen LogP contribution in [-0.2, 0) is 38.2 Å². The quantitative estimate of drug-likeness (QED) is 0.106. The molecule has 2 aromatic carbocycles. The zero-order valence-corrected chi connectivity index (χ0v) is 23.5. The summed E-state index contributed by atoms with van der Waals surface area (Å²) in [7, 11) is 0. The van der Waals surface area contributed by atoms with E-state index in [1.165, 1.54) is 11.6 Å². The van der Waals surface area contributed by atoms with E-state index in [0.717, 1.165) is 29.4 Å². The van der Waals surface area contributed by atoms with Crippen LogP contribution in [-0.4, -0.2) is 50.2 Å². The standard InChI is InChI=1S/C15H18O4.C8H8O.C6H12O2.CO2/c1-4-18-14(16)13(15(17)19-5-2)10-12-8-6-11(3)7-9-12;1-7-2-4-8(6-9)5-3-7;1-3-5-6(7)8-4-2;2-1-3/h6-10H,4-5H2,1-3H3;2-6H,1H3;3-5H2,1-2H3;. The molecule has 2 aromatic rings. The van der Waals surface area contributed by atoms with Gasteiger partial charge in [0.25, 0.3) is 0 Å². The van der Waals surface area contributed by atoms with Crippen molar-refractivity contribution in [3.63, 3.8) is 0 Å². The van der Waals surface area contributed by atoms with Crippen molar-refractivity contribution in [2.75, 3.05) is 19.8 Å². The minimum atomic E-state index is -0.665. The number of esters is 3. The van der Waals surface area contributed by atoms with E-state index in [9.17, 15) is 19.2 Å². The second-order valence-corrected chi connectivity index (χ2v) is 7.58. The molecule has 0 bridgehead atoms. The van der Waals surface area contributed by atoms with Crippen molar-refractivity contribution in [3.8, 4) is 0 Å². The van der Waals surface area contributed by atoms with Crippen LogP contribution in [0.2, 0.25) is 0 Å². The van der Waals surface area contributed by atoms with Crippen LogP contribution in [0.5, 0.6) is 0 Å². The van der Waals surface area contributed by atoms with E-state index in [-0.39, 0.29) is 30.9 Å². The van der Waals surface area contributed by atoms with Gasteiger partial charge in [-0.25, -0.2) is 9.59 Å². The van der Waals surface area contributed by atoms with Crippen LogP contribution in [0.15, 0.2) is 54.1 Å². The summed E-state index contributed by atoms with van der Waals surface area (Å²) in [5.41, 5.74) is 3.68. The normalized spacial score (nSPS) is 8.77. The van der Waals surface area contributed by atoms with Gasteiger partial charge in [-0.1, -0.05) is 66.6 Å². The monoisotopic (exact) mass is 542 g/mol. The SMILES string of the molecule is CCCC(=O)OCC.CCOC(=O)C(=Cc1ccc(C)cc1)C(=O)OCC.Cc1ccc(C=O)cc1.O=C=O. The van der Waals surface area contributed by atoms with Crippen LogP contribution in [0.3, 0.4) is 0 Å². The topological polar surface area (TPSA) is 130 Å². The summed E-state index contributed by atoms with van der Waals surface area (Å²) in [4.78, 5) is 60.3. The Morgan fingerprint density at radius 1 is 0.692 bits per heavy atom. The lowest BCUT2D eigenvalue weighted by molar-refractivity contribution is -0.191. The van der Waals surface area contributed by atoms with Crippen molar-refractivity contribution in [2.24, 2.45) is 0 Å². The lowest BCUT2D eigenvalue weighted by Crippen LogP contribution is -2.18. The molecule has 0 N–H and O–H groups in total. The minimum absolute atomic E-state index is 0.0880. The molecule has 0 amide bonds. The molecule has 0 aliphatic heterocycles. The summed E-state index contributed by atoms with van der Waals surface area (Å²) in [6.07, 6.45) is 4.00. The number of aryl methyl sites for hydroxylation is 2. The number of hydrogen-bond donors (Lipinski definition) is 0. The third-order valence-electron chi connectivity index (χ3n) is 4.35. The first kappa shape index (κ1) is 36.8. The molecule has 9 nitrogen and oxygen atoms in total. The Morgan fingerprint density at radius 3 is 1.41 bits per heavy atom. The zero-order chi connectivity index (χ0) is 30.1. The number of benzene rings is 2. The smallest absolute Gasteiger partial charge is 0.373 e. The van der Waals surface area contributed by atoms with Gasteiger partial charge in [-0.15, -0.1) is 0 Å². The number of carbonyl (C=O) groups excluding carboxylic acids is 6. The maximum Gasteiger partial charge on any atom is 0.373 e. The largest absolute Gasteiger partial charge is 0.466 e. The molecule has 9 heteroatoms. The first-order valence-corrected chi connectivity index (χ1v) is 12.4. The number of carbonyl (C=O) groups is 4. The van der Waals surface area contributed by atoms with Gasteiger partial charge in [0.15, 0.2) is 0 Å². The van der Waals surface area contributed by atoms with E-state index in [2.05, 4.69) is 4.74 Å². The summed E-state index contributed by atoms with van der Waals surface area (Å²) in [5, 5.41) is 0. The third-order valence-corrected chi connectivity index (χ3v) is 4.35. The maximum atomic E-state index is 11.7. The van der Waals surface area contributed by atoms with Crippen LogP contribution < -0.4 is 0 Å². The van der Waals surface area contributed by atoms with Crippen LogP contribution in [0.25, 0.3) is 6.08 Å². The molecule has 0 unspecified atom stereocenters. The molecular weight excluding hydrogens is 504 g/mol. The Balaban J connectivity index is 0. The lowest BCUT2D eigenvalue weighted by atomic mass is 10.1. The fraction of sp³-hybridized carbons (Fsp3) is 0.367. The number of hydrogen-bond acceptors (Lipinski definition) is 9. The van der Waals surface area contributed by atoms with Gasteiger partial charge in [0, 0.05) is 12.0 Å². The highest BCUT2D eigenvalue weighted by Gasteiger charge is 2.20. The molecule has 0 fully saturated rings. The van der Waals surface area contributed by atoms with Crippen molar-refractivity contribution >= 4 is 36.4 Å². The third kappa shape index (κ3) is 19.4. The average molecular weight is 543 g/mol. The molecule has 39 heavy (non-hydrogen) atoms. The van der Waals surface area contributed by atoms with E-state index in [1.807, 2.05) is 76.2 Å². The number of aldehydes is 1. The van der Waals surface area contributed by atoms with Gasteiger partial charge in [-0.3, -0.25) is 9.59 Å². The Labute approximate surface area is 230 Å². The van der Waals surface area contributed by atoms with Crippen LogP contribution >= 0.6 is 0 Å². The van der Waals surface area contributed by atoms with E-state index in [1.54, 1.807) is 13.8 Å². The first-order chi connectivity index (χ1) is 18.6. The molecule has 0 aliphatic rings. The van der Waals surface area contributed by atoms with Gasteiger partial charge >= 0.3 is 24.1 Å². The van der Waals surface area contributed by atoms with Gasteiger partial charge in [-0.05, 0) is 52.7 Å². The second-order valence-electron chi connectivity index (χ2n) is 7.58. The predicted molar refractivity (Wildman–Crippen MR) is 146 cm³/mol. The van der Waals surface area contributed by atoms with Crippen molar-refractivity contribution < 1.29 is 43.0 Å². The molecule has 0 aliphatic carbocycles. The van der Waals surface area contributed by atoms with Gasteiger partial charge in [-0.2, -0.15) is 9.59 Å². The highest BCUT2D eigenvalue weighted by Crippen LogP contribution is 2.11. The molecule has 0 heterocycles. The first-order valence-electron chi connectivity index (χ1n) is 12.4. The fourth-order valence-corrected chi connectivity index (χ4v) is 2.53. The molecule has 212 valence electrons. The molecule has 2 rings (SSSR count). The number of ether oxygens (including phenoxy) is 3. The van der Waals surface area contributed by atoms with E-state index < -0.39 is 11.9 Å². The zero-order valence-electron chi connectivity index (χ0n) is 23.5.